The maximum absolute atomic E-state index is 12.2. The van der Waals surface area contributed by atoms with Crippen molar-refractivity contribution in [3.8, 4) is 11.5 Å². The van der Waals surface area contributed by atoms with Crippen LogP contribution in [0.2, 0.25) is 0 Å². The molecule has 0 aliphatic heterocycles. The predicted octanol–water partition coefficient (Wildman–Crippen LogP) is 4.61. The van der Waals surface area contributed by atoms with Crippen LogP contribution in [0.1, 0.15) is 49.2 Å². The van der Waals surface area contributed by atoms with Gasteiger partial charge in [-0.3, -0.25) is 4.79 Å². The minimum atomic E-state index is -0.287. The van der Waals surface area contributed by atoms with Gasteiger partial charge in [-0.1, -0.05) is 32.9 Å². The van der Waals surface area contributed by atoms with Crippen LogP contribution in [-0.2, 0) is 5.41 Å². The molecule has 2 N–H and O–H groups in total. The van der Waals surface area contributed by atoms with Gasteiger partial charge in [0.25, 0.3) is 5.91 Å². The fraction of sp³-hybridized carbons (Fsp3) is 0.300. The van der Waals surface area contributed by atoms with Crippen molar-refractivity contribution >= 4 is 28.1 Å². The molecule has 5 nitrogen and oxygen atoms in total. The van der Waals surface area contributed by atoms with Gasteiger partial charge in [-0.15, -0.1) is 0 Å². The van der Waals surface area contributed by atoms with Gasteiger partial charge in [0.1, 0.15) is 0 Å². The number of aromatic hydroxyl groups is 1. The standard InChI is InChI=1S/C20H23BrN2O3/c1-5-26-17-11-13(10-16(21)18(17)24)12-22-23-19(25)14-6-8-15(9-7-14)20(2,3)4/h6-12,24H,5H2,1-4H3,(H,23,25)/b22-12-. The number of nitrogens with zero attached hydrogens (tertiary/aromatic N) is 1. The van der Waals surface area contributed by atoms with Crippen molar-refractivity contribution < 1.29 is 14.6 Å². The molecule has 0 fully saturated rings. The first kappa shape index (κ1) is 20.0. The molecule has 0 saturated carbocycles. The monoisotopic (exact) mass is 418 g/mol. The molecule has 0 bridgehead atoms. The number of ether oxygens (including phenoxy) is 1. The number of amides is 1. The van der Waals surface area contributed by atoms with Gasteiger partial charge in [-0.2, -0.15) is 5.10 Å². The lowest BCUT2D eigenvalue weighted by atomic mass is 9.87. The number of carbonyl (C=O) groups excluding carboxylic acids is 1. The molecular formula is C20H23BrN2O3. The zero-order valence-electron chi connectivity index (χ0n) is 15.3. The molecule has 0 saturated heterocycles. The van der Waals surface area contributed by atoms with Gasteiger partial charge < -0.3 is 9.84 Å². The van der Waals surface area contributed by atoms with Crippen LogP contribution in [0.25, 0.3) is 0 Å². The average molecular weight is 419 g/mol. The van der Waals surface area contributed by atoms with E-state index in [-0.39, 0.29) is 17.1 Å². The zero-order valence-corrected chi connectivity index (χ0v) is 16.9. The first-order valence-corrected chi connectivity index (χ1v) is 9.11. The lowest BCUT2D eigenvalue weighted by molar-refractivity contribution is 0.0955. The van der Waals surface area contributed by atoms with Crippen molar-refractivity contribution in [2.24, 2.45) is 5.10 Å². The quantitative estimate of drug-likeness (QED) is 0.549. The number of nitrogens with one attached hydrogen (secondary N) is 1. The number of halogens is 1. The Bertz CT molecular complexity index is 809. The Kier molecular flexibility index (Phi) is 6.42. The molecule has 0 spiro atoms. The van der Waals surface area contributed by atoms with E-state index in [9.17, 15) is 9.90 Å². The molecule has 0 heterocycles. The van der Waals surface area contributed by atoms with E-state index < -0.39 is 0 Å². The van der Waals surface area contributed by atoms with E-state index in [4.69, 9.17) is 4.74 Å². The van der Waals surface area contributed by atoms with Crippen LogP contribution in [0.3, 0.4) is 0 Å². The number of phenols is 1. The van der Waals surface area contributed by atoms with Crippen LogP contribution in [0, 0.1) is 0 Å². The van der Waals surface area contributed by atoms with Gasteiger partial charge in [0, 0.05) is 5.56 Å². The number of rotatable bonds is 5. The summed E-state index contributed by atoms with van der Waals surface area (Å²) < 4.78 is 5.86. The molecule has 0 aliphatic carbocycles. The largest absolute Gasteiger partial charge is 0.503 e. The second-order valence-electron chi connectivity index (χ2n) is 6.81. The van der Waals surface area contributed by atoms with Gasteiger partial charge in [0.2, 0.25) is 0 Å². The van der Waals surface area contributed by atoms with Crippen molar-refractivity contribution in [1.82, 2.24) is 5.43 Å². The highest BCUT2D eigenvalue weighted by atomic mass is 79.9. The summed E-state index contributed by atoms with van der Waals surface area (Å²) in [6, 6.07) is 10.8. The summed E-state index contributed by atoms with van der Waals surface area (Å²) in [6.07, 6.45) is 1.49. The van der Waals surface area contributed by atoms with E-state index in [2.05, 4.69) is 47.2 Å². The summed E-state index contributed by atoms with van der Waals surface area (Å²) in [6.45, 7) is 8.64. The van der Waals surface area contributed by atoms with Crippen LogP contribution in [0.4, 0.5) is 0 Å². The summed E-state index contributed by atoms with van der Waals surface area (Å²) in [4.78, 5) is 12.2. The molecule has 1 amide bonds. The minimum Gasteiger partial charge on any atom is -0.503 e. The Labute approximate surface area is 162 Å². The van der Waals surface area contributed by atoms with Crippen molar-refractivity contribution in [2.45, 2.75) is 33.1 Å². The van der Waals surface area contributed by atoms with Crippen LogP contribution in [0.5, 0.6) is 11.5 Å². The second-order valence-corrected chi connectivity index (χ2v) is 7.66. The molecule has 2 rings (SSSR count). The SMILES string of the molecule is CCOc1cc(/C=N\NC(=O)c2ccc(C(C)(C)C)cc2)cc(Br)c1O. The molecule has 2 aromatic rings. The third kappa shape index (κ3) is 5.08. The third-order valence-electron chi connectivity index (χ3n) is 3.74. The van der Waals surface area contributed by atoms with Gasteiger partial charge >= 0.3 is 0 Å². The maximum Gasteiger partial charge on any atom is 0.271 e. The summed E-state index contributed by atoms with van der Waals surface area (Å²) >= 11 is 3.27. The Balaban J connectivity index is 2.07. The Morgan fingerprint density at radius 1 is 1.27 bits per heavy atom. The first-order valence-electron chi connectivity index (χ1n) is 8.31. The van der Waals surface area contributed by atoms with Crippen molar-refractivity contribution in [3.05, 3.63) is 57.6 Å². The highest BCUT2D eigenvalue weighted by Crippen LogP contribution is 2.35. The number of benzene rings is 2. The lowest BCUT2D eigenvalue weighted by Gasteiger charge is -2.18. The molecule has 138 valence electrons. The highest BCUT2D eigenvalue weighted by molar-refractivity contribution is 9.10. The Morgan fingerprint density at radius 3 is 2.50 bits per heavy atom. The van der Waals surface area contributed by atoms with Gasteiger partial charge in [-0.05, 0) is 63.7 Å². The van der Waals surface area contributed by atoms with Gasteiger partial charge in [0.15, 0.2) is 11.5 Å². The van der Waals surface area contributed by atoms with Crippen LogP contribution >= 0.6 is 15.9 Å². The maximum atomic E-state index is 12.2. The zero-order chi connectivity index (χ0) is 19.3. The molecule has 0 aliphatic rings. The van der Waals surface area contributed by atoms with E-state index in [0.29, 0.717) is 28.0 Å². The smallest absolute Gasteiger partial charge is 0.271 e. The molecule has 2 aromatic carbocycles. The van der Waals surface area contributed by atoms with Crippen LogP contribution in [0.15, 0.2) is 46.0 Å². The summed E-state index contributed by atoms with van der Waals surface area (Å²) in [7, 11) is 0. The summed E-state index contributed by atoms with van der Waals surface area (Å²) in [5, 5.41) is 13.9. The summed E-state index contributed by atoms with van der Waals surface area (Å²) in [5.41, 5.74) is 4.93. The van der Waals surface area contributed by atoms with Crippen LogP contribution < -0.4 is 10.2 Å². The highest BCUT2D eigenvalue weighted by Gasteiger charge is 2.14. The average Bonchev–Trinajstić information content (AvgIpc) is 2.58. The molecule has 6 heteroatoms. The molecule has 0 atom stereocenters. The van der Waals surface area contributed by atoms with E-state index in [1.807, 2.05) is 19.1 Å². The topological polar surface area (TPSA) is 70.9 Å². The Morgan fingerprint density at radius 2 is 1.92 bits per heavy atom. The number of hydrazone groups is 1. The van der Waals surface area contributed by atoms with E-state index >= 15 is 0 Å². The molecule has 0 radical (unpaired) electrons. The minimum absolute atomic E-state index is 0.0342. The molecule has 0 unspecified atom stereocenters. The number of hydrogen-bond acceptors (Lipinski definition) is 4. The molecular weight excluding hydrogens is 396 g/mol. The molecule has 26 heavy (non-hydrogen) atoms. The summed E-state index contributed by atoms with van der Waals surface area (Å²) in [5.74, 6) is 0.101. The first-order chi connectivity index (χ1) is 12.2. The van der Waals surface area contributed by atoms with E-state index in [1.54, 1.807) is 24.3 Å². The molecule has 0 aromatic heterocycles. The third-order valence-corrected chi connectivity index (χ3v) is 4.35. The fourth-order valence-corrected chi connectivity index (χ4v) is 2.75. The van der Waals surface area contributed by atoms with Gasteiger partial charge in [-0.25, -0.2) is 5.43 Å². The Hall–Kier alpha value is -2.34. The number of carbonyl (C=O) groups is 1. The second kappa shape index (κ2) is 8.36. The number of hydrogen-bond donors (Lipinski definition) is 2. The number of phenolic OH excluding ortho intramolecular Hbond substituents is 1. The normalized spacial score (nSPS) is 11.6. The van der Waals surface area contributed by atoms with E-state index in [0.717, 1.165) is 5.56 Å². The van der Waals surface area contributed by atoms with E-state index in [1.165, 1.54) is 6.21 Å². The van der Waals surface area contributed by atoms with Crippen molar-refractivity contribution in [2.75, 3.05) is 6.61 Å². The fourth-order valence-electron chi connectivity index (χ4n) is 2.29. The van der Waals surface area contributed by atoms with Gasteiger partial charge in [0.05, 0.1) is 17.3 Å². The van der Waals surface area contributed by atoms with Crippen molar-refractivity contribution in [3.63, 3.8) is 0 Å². The van der Waals surface area contributed by atoms with Crippen LogP contribution in [-0.4, -0.2) is 23.8 Å². The lowest BCUT2D eigenvalue weighted by Crippen LogP contribution is -2.18. The van der Waals surface area contributed by atoms with Crippen molar-refractivity contribution in [1.29, 1.82) is 0 Å². The predicted molar refractivity (Wildman–Crippen MR) is 107 cm³/mol.